The summed E-state index contributed by atoms with van der Waals surface area (Å²) in [6.07, 6.45) is 14.4. The number of phenols is 1. The summed E-state index contributed by atoms with van der Waals surface area (Å²) in [7, 11) is 0. The maximum Gasteiger partial charge on any atom is 0.319 e. The Kier molecular flexibility index (Phi) is 12.9. The molecule has 7 fully saturated rings. The van der Waals surface area contributed by atoms with E-state index in [-0.39, 0.29) is 58.6 Å². The van der Waals surface area contributed by atoms with Crippen LogP contribution in [-0.2, 0) is 27.3 Å². The third-order valence-electron chi connectivity index (χ3n) is 18.1. The van der Waals surface area contributed by atoms with Crippen molar-refractivity contribution in [3.63, 3.8) is 0 Å². The van der Waals surface area contributed by atoms with Gasteiger partial charge >= 0.3 is 6.01 Å². The average molecular weight is 1020 g/mol. The van der Waals surface area contributed by atoms with Gasteiger partial charge in [0.15, 0.2) is 5.82 Å². The fourth-order valence-corrected chi connectivity index (χ4v) is 13.8. The Morgan fingerprint density at radius 3 is 2.32 bits per heavy atom. The predicted octanol–water partition coefficient (Wildman–Crippen LogP) is 6.73. The number of hydrogen-bond donors (Lipinski definition) is 3. The molecule has 394 valence electrons. The molecule has 75 heavy (non-hydrogen) atoms. The molecule has 9 heterocycles. The molecular formula is C58H69FN10O6. The lowest BCUT2D eigenvalue weighted by molar-refractivity contribution is -0.136. The zero-order chi connectivity index (χ0) is 51.0. The second kappa shape index (κ2) is 19.8. The molecule has 16 nitrogen and oxygen atoms in total. The number of ether oxygens (including phenoxy) is 2. The second-order valence-electron chi connectivity index (χ2n) is 23.0. The van der Waals surface area contributed by atoms with Gasteiger partial charge in [-0.05, 0) is 129 Å². The van der Waals surface area contributed by atoms with Crippen LogP contribution >= 0.6 is 0 Å². The first-order valence-electron chi connectivity index (χ1n) is 27.9. The molecule has 8 aliphatic rings. The molecule has 2 bridgehead atoms. The lowest BCUT2D eigenvalue weighted by Crippen LogP contribution is -2.52. The number of aromatic hydroxyl groups is 1. The number of hydrogen-bond acceptors (Lipinski definition) is 14. The first-order chi connectivity index (χ1) is 36.5. The van der Waals surface area contributed by atoms with Gasteiger partial charge in [0.2, 0.25) is 11.8 Å². The van der Waals surface area contributed by atoms with Crippen LogP contribution in [0.1, 0.15) is 105 Å². The van der Waals surface area contributed by atoms with Gasteiger partial charge in [-0.25, -0.2) is 4.39 Å². The van der Waals surface area contributed by atoms with Gasteiger partial charge in [-0.2, -0.15) is 9.97 Å². The van der Waals surface area contributed by atoms with Gasteiger partial charge < -0.3 is 44.4 Å². The van der Waals surface area contributed by atoms with Crippen molar-refractivity contribution in [1.29, 1.82) is 0 Å². The Bertz CT molecular complexity index is 3030. The van der Waals surface area contributed by atoms with Crippen LogP contribution in [0.3, 0.4) is 0 Å². The smallest absolute Gasteiger partial charge is 0.319 e. The van der Waals surface area contributed by atoms with Gasteiger partial charge in [0.1, 0.15) is 28.8 Å². The molecule has 3 amide bonds. The van der Waals surface area contributed by atoms with Crippen molar-refractivity contribution in [2.24, 2.45) is 5.41 Å². The Balaban J connectivity index is 0.599. The van der Waals surface area contributed by atoms with E-state index >= 15 is 4.39 Å². The number of likely N-dealkylation sites (tertiary alicyclic amines) is 2. The highest BCUT2D eigenvalue weighted by Gasteiger charge is 2.46. The molecule has 3 aromatic carbocycles. The Morgan fingerprint density at radius 2 is 1.59 bits per heavy atom. The highest BCUT2D eigenvalue weighted by molar-refractivity contribution is 6.06. The summed E-state index contributed by atoms with van der Waals surface area (Å²) in [6, 6.07) is 16.2. The van der Waals surface area contributed by atoms with Crippen LogP contribution in [0.5, 0.6) is 11.8 Å². The van der Waals surface area contributed by atoms with Gasteiger partial charge in [0.05, 0.1) is 24.2 Å². The molecule has 2 unspecified atom stereocenters. The number of imide groups is 1. The van der Waals surface area contributed by atoms with E-state index in [2.05, 4.69) is 43.2 Å². The molecule has 1 saturated carbocycles. The topological polar surface area (TPSA) is 169 Å². The summed E-state index contributed by atoms with van der Waals surface area (Å²) in [5.74, 6) is -0.599. The Labute approximate surface area is 437 Å². The van der Waals surface area contributed by atoms with E-state index < -0.39 is 11.9 Å². The molecule has 13 rings (SSSR count). The number of phenolic OH excluding ortho intramolecular Hbond substituents is 1. The fraction of sp³-hybridized carbons (Fsp3) is 0.552. The Hall–Kier alpha value is -6.01. The zero-order valence-electron chi connectivity index (χ0n) is 43.1. The van der Waals surface area contributed by atoms with E-state index in [0.717, 1.165) is 157 Å². The van der Waals surface area contributed by atoms with Crippen molar-refractivity contribution in [2.75, 3.05) is 75.3 Å². The third-order valence-corrected chi connectivity index (χ3v) is 18.1. The van der Waals surface area contributed by atoms with Crippen LogP contribution in [0, 0.1) is 11.2 Å². The third kappa shape index (κ3) is 9.56. The van der Waals surface area contributed by atoms with Gasteiger partial charge in [-0.3, -0.25) is 24.7 Å². The van der Waals surface area contributed by atoms with E-state index in [1.165, 1.54) is 0 Å². The number of benzene rings is 3. The Morgan fingerprint density at radius 1 is 0.827 bits per heavy atom. The molecular weight excluding hydrogens is 952 g/mol. The molecule has 6 saturated heterocycles. The maximum atomic E-state index is 17.2. The van der Waals surface area contributed by atoms with E-state index in [1.54, 1.807) is 23.2 Å². The SMILES string of the molecule is CCc1cccc2cc(O)cc(-c3ncc4c(N5CC6CCC(C5)N6)nc(OCC5(CN6CCC(OC7CCN(C8CCN(c9ccc%10c(c9)CN([C@H]9CCC(=O)NC9=O)C%10=O)CC8)CC7)CC6)CC5)nc4c3F)c12. The van der Waals surface area contributed by atoms with Crippen molar-refractivity contribution >= 4 is 50.9 Å². The van der Waals surface area contributed by atoms with E-state index in [0.29, 0.717) is 66.1 Å². The number of carbonyl (C=O) groups is 3. The van der Waals surface area contributed by atoms with Crippen molar-refractivity contribution in [2.45, 2.75) is 133 Å². The standard InChI is InChI=1S/C58H69FN10O6/c1-2-35-4-3-5-36-27-42(70)28-46(50(35)36)52-51(59)53-47(29-60-52)54(68-31-38-6-7-39(32-68)61-38)64-57(63-53)74-34-58(18-19-58)33-65-20-14-43(15-21-65)75-44-16-24-66(25-17-44)40-12-22-67(23-13-40)41-8-9-45-37(26-41)30-69(56(45)73)48-10-11-49(71)62-55(48)72/h3-5,8-9,26-29,38-40,43-44,48,61,70H,2,6-7,10-25,30-34H2,1H3,(H,62,71,72)/t38?,39?,48-/m0/s1. The van der Waals surface area contributed by atoms with E-state index in [4.69, 9.17) is 24.4 Å². The monoisotopic (exact) mass is 1020 g/mol. The summed E-state index contributed by atoms with van der Waals surface area (Å²) in [5, 5.41) is 19.2. The number of nitrogens with zero attached hydrogens (tertiary/aromatic N) is 8. The molecule has 0 spiro atoms. The number of aryl methyl sites for hydroxylation is 1. The maximum absolute atomic E-state index is 17.2. The zero-order valence-corrected chi connectivity index (χ0v) is 43.1. The first kappa shape index (κ1) is 48.6. The highest BCUT2D eigenvalue weighted by Crippen LogP contribution is 2.47. The summed E-state index contributed by atoms with van der Waals surface area (Å²) < 4.78 is 30.6. The average Bonchev–Trinajstić information content (AvgIpc) is 4.02. The number of aromatic nitrogens is 3. The van der Waals surface area contributed by atoms with Crippen LogP contribution < -0.4 is 25.2 Å². The normalized spacial score (nSPS) is 24.9. The van der Waals surface area contributed by atoms with Crippen molar-refractivity contribution in [3.8, 4) is 23.0 Å². The minimum Gasteiger partial charge on any atom is -0.508 e. The number of anilines is 2. The van der Waals surface area contributed by atoms with E-state index in [9.17, 15) is 19.5 Å². The van der Waals surface area contributed by atoms with Crippen molar-refractivity contribution < 1.29 is 33.4 Å². The van der Waals surface area contributed by atoms with Crippen molar-refractivity contribution in [3.05, 3.63) is 77.2 Å². The van der Waals surface area contributed by atoms with Crippen LogP contribution in [0.25, 0.3) is 32.9 Å². The van der Waals surface area contributed by atoms with Gasteiger partial charge in [0, 0.05) is 118 Å². The quantitative estimate of drug-likeness (QED) is 0.106. The van der Waals surface area contributed by atoms with Crippen LogP contribution in [0.4, 0.5) is 15.9 Å². The number of amides is 3. The number of piperidine rings is 4. The fourth-order valence-electron chi connectivity index (χ4n) is 13.8. The number of nitrogens with one attached hydrogen (secondary N) is 2. The van der Waals surface area contributed by atoms with E-state index in [1.807, 2.05) is 30.3 Å². The summed E-state index contributed by atoms with van der Waals surface area (Å²) in [4.78, 5) is 63.7. The molecule has 1 aliphatic carbocycles. The largest absolute Gasteiger partial charge is 0.508 e. The second-order valence-corrected chi connectivity index (χ2v) is 23.0. The van der Waals surface area contributed by atoms with Gasteiger partial charge in [-0.15, -0.1) is 0 Å². The number of carbonyl (C=O) groups excluding carboxylic acids is 3. The summed E-state index contributed by atoms with van der Waals surface area (Å²) >= 11 is 0. The number of halogens is 1. The predicted molar refractivity (Wildman–Crippen MR) is 283 cm³/mol. The molecule has 7 aliphatic heterocycles. The molecule has 3 N–H and O–H groups in total. The number of piperazine rings is 1. The van der Waals surface area contributed by atoms with Crippen molar-refractivity contribution in [1.82, 2.24) is 40.3 Å². The molecule has 3 atom stereocenters. The summed E-state index contributed by atoms with van der Waals surface area (Å²) in [5.41, 5.74) is 4.69. The molecule has 5 aromatic rings. The van der Waals surface area contributed by atoms with Crippen LogP contribution in [-0.4, -0.2) is 154 Å². The molecule has 17 heteroatoms. The number of fused-ring (bicyclic) bond motifs is 5. The minimum absolute atomic E-state index is 0.00513. The minimum atomic E-state index is -0.601. The number of rotatable bonds is 13. The molecule has 2 aromatic heterocycles. The highest BCUT2D eigenvalue weighted by atomic mass is 19.1. The lowest BCUT2D eigenvalue weighted by atomic mass is 9.95. The van der Waals surface area contributed by atoms with Crippen LogP contribution in [0.15, 0.2) is 54.7 Å². The summed E-state index contributed by atoms with van der Waals surface area (Å²) in [6.45, 7) is 11.5. The van der Waals surface area contributed by atoms with Gasteiger partial charge in [-0.1, -0.05) is 25.1 Å². The number of pyridine rings is 1. The molecule has 0 radical (unpaired) electrons. The first-order valence-corrected chi connectivity index (χ1v) is 27.9. The lowest BCUT2D eigenvalue weighted by Gasteiger charge is -2.43. The van der Waals surface area contributed by atoms with Crippen LogP contribution in [0.2, 0.25) is 0 Å². The van der Waals surface area contributed by atoms with Gasteiger partial charge in [0.25, 0.3) is 5.91 Å².